The van der Waals surface area contributed by atoms with E-state index in [0.29, 0.717) is 5.56 Å². The third kappa shape index (κ3) is 2.70. The Balaban J connectivity index is 2.68. The van der Waals surface area contributed by atoms with Crippen molar-refractivity contribution >= 4 is 6.09 Å². The summed E-state index contributed by atoms with van der Waals surface area (Å²) >= 11 is 0. The molecule has 1 amide bonds. The van der Waals surface area contributed by atoms with Gasteiger partial charge in [0.25, 0.3) is 0 Å². The number of halogens is 2. The molecule has 0 fully saturated rings. The van der Waals surface area contributed by atoms with E-state index < -0.39 is 17.7 Å². The van der Waals surface area contributed by atoms with Gasteiger partial charge in [-0.3, -0.25) is 0 Å². The number of nitrogens with two attached hydrogens (primary N) is 1. The van der Waals surface area contributed by atoms with Gasteiger partial charge < -0.3 is 10.5 Å². The molecule has 1 rings (SSSR count). The lowest BCUT2D eigenvalue weighted by Crippen LogP contribution is -2.12. The summed E-state index contributed by atoms with van der Waals surface area (Å²) in [6.45, 7) is -0.160. The van der Waals surface area contributed by atoms with Gasteiger partial charge in [-0.05, 0) is 17.7 Å². The molecule has 0 aliphatic rings. The van der Waals surface area contributed by atoms with E-state index in [-0.39, 0.29) is 6.61 Å². The van der Waals surface area contributed by atoms with Gasteiger partial charge >= 0.3 is 6.09 Å². The highest BCUT2D eigenvalue weighted by Gasteiger charge is 2.03. The predicted octanol–water partition coefficient (Wildman–Crippen LogP) is 1.56. The summed E-state index contributed by atoms with van der Waals surface area (Å²) < 4.78 is 29.3. The molecule has 0 aromatic heterocycles. The van der Waals surface area contributed by atoms with Gasteiger partial charge in [0.2, 0.25) is 0 Å². The number of carbonyl (C=O) groups is 1. The van der Waals surface area contributed by atoms with Crippen molar-refractivity contribution in [3.05, 3.63) is 35.4 Å². The molecular formula is C8H7F2NO2. The van der Waals surface area contributed by atoms with Crippen LogP contribution in [0.2, 0.25) is 0 Å². The van der Waals surface area contributed by atoms with Gasteiger partial charge in [0.15, 0.2) is 11.6 Å². The Morgan fingerprint density at radius 2 is 2.08 bits per heavy atom. The fraction of sp³-hybridized carbons (Fsp3) is 0.125. The van der Waals surface area contributed by atoms with Crippen LogP contribution in [0.5, 0.6) is 0 Å². The number of rotatable bonds is 2. The van der Waals surface area contributed by atoms with Crippen molar-refractivity contribution in [2.24, 2.45) is 5.73 Å². The number of benzene rings is 1. The molecule has 0 saturated heterocycles. The summed E-state index contributed by atoms with van der Waals surface area (Å²) in [5, 5.41) is 0. The summed E-state index contributed by atoms with van der Waals surface area (Å²) in [4.78, 5) is 10.2. The van der Waals surface area contributed by atoms with Crippen LogP contribution < -0.4 is 5.73 Å². The van der Waals surface area contributed by atoms with Gasteiger partial charge in [0.1, 0.15) is 6.61 Å². The van der Waals surface area contributed by atoms with Crippen LogP contribution in [-0.2, 0) is 11.3 Å². The summed E-state index contributed by atoms with van der Waals surface area (Å²) in [5.41, 5.74) is 5.02. The molecule has 0 bridgehead atoms. The van der Waals surface area contributed by atoms with Crippen molar-refractivity contribution in [3.63, 3.8) is 0 Å². The molecule has 0 unspecified atom stereocenters. The number of hydrogen-bond acceptors (Lipinski definition) is 2. The first-order valence-corrected chi connectivity index (χ1v) is 3.46. The first kappa shape index (κ1) is 9.44. The standard InChI is InChI=1S/C8H7F2NO2/c9-6-2-1-5(3-7(6)10)4-13-8(11)12/h1-3H,4H2,(H2,11,12). The molecular weight excluding hydrogens is 180 g/mol. The average Bonchev–Trinajstić information content (AvgIpc) is 2.07. The minimum atomic E-state index is -0.981. The van der Waals surface area contributed by atoms with Crippen LogP contribution in [0, 0.1) is 11.6 Å². The van der Waals surface area contributed by atoms with Crippen LogP contribution in [0.3, 0.4) is 0 Å². The molecule has 0 aliphatic carbocycles. The number of primary amides is 1. The molecule has 0 heterocycles. The third-order valence-electron chi connectivity index (χ3n) is 1.37. The van der Waals surface area contributed by atoms with Crippen LogP contribution in [0.1, 0.15) is 5.56 Å². The molecule has 0 aliphatic heterocycles. The second kappa shape index (κ2) is 3.84. The average molecular weight is 187 g/mol. The lowest BCUT2D eigenvalue weighted by Gasteiger charge is -2.01. The minimum Gasteiger partial charge on any atom is -0.445 e. The largest absolute Gasteiger partial charge is 0.445 e. The van der Waals surface area contributed by atoms with Crippen molar-refractivity contribution in [3.8, 4) is 0 Å². The van der Waals surface area contributed by atoms with Crippen molar-refractivity contribution in [1.29, 1.82) is 0 Å². The van der Waals surface area contributed by atoms with E-state index in [1.165, 1.54) is 6.07 Å². The van der Waals surface area contributed by atoms with Crippen LogP contribution in [0.15, 0.2) is 18.2 Å². The van der Waals surface area contributed by atoms with Gasteiger partial charge in [-0.2, -0.15) is 0 Å². The molecule has 0 spiro atoms. The fourth-order valence-electron chi connectivity index (χ4n) is 0.784. The molecule has 0 saturated carbocycles. The van der Waals surface area contributed by atoms with E-state index in [2.05, 4.69) is 10.5 Å². The summed E-state index contributed by atoms with van der Waals surface area (Å²) in [7, 11) is 0. The highest BCUT2D eigenvalue weighted by atomic mass is 19.2. The van der Waals surface area contributed by atoms with Gasteiger partial charge in [0, 0.05) is 0 Å². The molecule has 1 aromatic rings. The maximum Gasteiger partial charge on any atom is 0.404 e. The topological polar surface area (TPSA) is 52.3 Å². The van der Waals surface area contributed by atoms with Gasteiger partial charge in [-0.1, -0.05) is 6.07 Å². The highest BCUT2D eigenvalue weighted by Crippen LogP contribution is 2.09. The Morgan fingerprint density at radius 3 is 2.62 bits per heavy atom. The second-order valence-corrected chi connectivity index (χ2v) is 2.36. The molecule has 3 nitrogen and oxygen atoms in total. The molecule has 0 atom stereocenters. The van der Waals surface area contributed by atoms with Gasteiger partial charge in [-0.25, -0.2) is 13.6 Å². The van der Waals surface area contributed by atoms with E-state index in [0.717, 1.165) is 12.1 Å². The van der Waals surface area contributed by atoms with E-state index in [1.807, 2.05) is 0 Å². The smallest absolute Gasteiger partial charge is 0.404 e. The third-order valence-corrected chi connectivity index (χ3v) is 1.37. The first-order valence-electron chi connectivity index (χ1n) is 3.46. The van der Waals surface area contributed by atoms with E-state index >= 15 is 0 Å². The normalized spacial score (nSPS) is 9.69. The molecule has 1 aromatic carbocycles. The van der Waals surface area contributed by atoms with Crippen molar-refractivity contribution < 1.29 is 18.3 Å². The monoisotopic (exact) mass is 187 g/mol. The lowest BCUT2D eigenvalue weighted by molar-refractivity contribution is 0.150. The molecule has 13 heavy (non-hydrogen) atoms. The Morgan fingerprint density at radius 1 is 1.38 bits per heavy atom. The summed E-state index contributed by atoms with van der Waals surface area (Å²) in [5.74, 6) is -1.92. The van der Waals surface area contributed by atoms with E-state index in [1.54, 1.807) is 0 Å². The highest BCUT2D eigenvalue weighted by molar-refractivity contribution is 5.64. The number of ether oxygens (including phenoxy) is 1. The summed E-state index contributed by atoms with van der Waals surface area (Å²) in [6.07, 6.45) is -0.954. The van der Waals surface area contributed by atoms with Crippen molar-refractivity contribution in [2.75, 3.05) is 0 Å². The number of carbonyl (C=O) groups excluding carboxylic acids is 1. The van der Waals surface area contributed by atoms with E-state index in [4.69, 9.17) is 0 Å². The predicted molar refractivity (Wildman–Crippen MR) is 40.7 cm³/mol. The Labute approximate surface area is 73.1 Å². The van der Waals surface area contributed by atoms with Crippen molar-refractivity contribution in [2.45, 2.75) is 6.61 Å². The molecule has 0 radical (unpaired) electrons. The number of hydrogen-bond donors (Lipinski definition) is 1. The fourth-order valence-corrected chi connectivity index (χ4v) is 0.784. The van der Waals surface area contributed by atoms with Gasteiger partial charge in [-0.15, -0.1) is 0 Å². The molecule has 2 N–H and O–H groups in total. The second-order valence-electron chi connectivity index (χ2n) is 2.36. The van der Waals surface area contributed by atoms with Gasteiger partial charge in [0.05, 0.1) is 0 Å². The van der Waals surface area contributed by atoms with E-state index in [9.17, 15) is 13.6 Å². The van der Waals surface area contributed by atoms with Crippen LogP contribution in [-0.4, -0.2) is 6.09 Å². The quantitative estimate of drug-likeness (QED) is 0.763. The zero-order valence-electron chi connectivity index (χ0n) is 6.59. The van der Waals surface area contributed by atoms with Crippen LogP contribution in [0.25, 0.3) is 0 Å². The molecule has 70 valence electrons. The zero-order chi connectivity index (χ0) is 9.84. The maximum absolute atomic E-state index is 12.6. The zero-order valence-corrected chi connectivity index (χ0v) is 6.59. The SMILES string of the molecule is NC(=O)OCc1ccc(F)c(F)c1. The Bertz CT molecular complexity index is 328. The maximum atomic E-state index is 12.6. The van der Waals surface area contributed by atoms with Crippen LogP contribution in [0.4, 0.5) is 13.6 Å². The molecule has 5 heteroatoms. The number of amides is 1. The first-order chi connectivity index (χ1) is 6.09. The van der Waals surface area contributed by atoms with Crippen molar-refractivity contribution in [1.82, 2.24) is 0 Å². The Kier molecular flexibility index (Phi) is 2.79. The van der Waals surface area contributed by atoms with Crippen LogP contribution >= 0.6 is 0 Å². The summed E-state index contributed by atoms with van der Waals surface area (Å²) in [6, 6.07) is 3.20. The lowest BCUT2D eigenvalue weighted by atomic mass is 10.2. The minimum absolute atomic E-state index is 0.160. The Hall–Kier alpha value is -1.65.